The van der Waals surface area contributed by atoms with Gasteiger partial charge >= 0.3 is 11.9 Å². The number of hydrogen-bond acceptors (Lipinski definition) is 5. The fourth-order valence-electron chi connectivity index (χ4n) is 1.76. The normalized spacial score (nSPS) is 10.0. The first-order valence-electron chi connectivity index (χ1n) is 5.13. The van der Waals surface area contributed by atoms with Gasteiger partial charge in [0.05, 0.1) is 22.4 Å². The van der Waals surface area contributed by atoms with Crippen LogP contribution in [0.1, 0.15) is 55.3 Å². The lowest BCUT2D eigenvalue weighted by Gasteiger charge is -2.13. The number of ketones is 2. The predicted molar refractivity (Wildman–Crippen MR) is 64.8 cm³/mol. The van der Waals surface area contributed by atoms with Gasteiger partial charge in [0, 0.05) is 5.56 Å². The third-order valence-electron chi connectivity index (χ3n) is 2.54. The molecule has 0 heterocycles. The van der Waals surface area contributed by atoms with Crippen molar-refractivity contribution in [2.75, 3.05) is 5.73 Å². The van der Waals surface area contributed by atoms with Crippen LogP contribution in [0.15, 0.2) is 6.07 Å². The monoisotopic (exact) mass is 265 g/mol. The van der Waals surface area contributed by atoms with E-state index in [4.69, 9.17) is 15.9 Å². The molecule has 1 rings (SSSR count). The number of benzene rings is 1. The summed E-state index contributed by atoms with van der Waals surface area (Å²) in [5.74, 6) is -4.30. The molecule has 7 nitrogen and oxygen atoms in total. The summed E-state index contributed by atoms with van der Waals surface area (Å²) in [6.07, 6.45) is 0. The molecule has 1 aromatic rings. The molecule has 1 aromatic carbocycles. The fraction of sp³-hybridized carbons (Fsp3) is 0.167. The highest BCUT2D eigenvalue weighted by Crippen LogP contribution is 2.27. The zero-order chi connectivity index (χ0) is 14.9. The van der Waals surface area contributed by atoms with Gasteiger partial charge in [0.15, 0.2) is 11.6 Å². The van der Waals surface area contributed by atoms with Crippen molar-refractivity contribution in [2.24, 2.45) is 0 Å². The maximum absolute atomic E-state index is 11.4. The van der Waals surface area contributed by atoms with E-state index in [1.165, 1.54) is 0 Å². The van der Waals surface area contributed by atoms with Crippen LogP contribution in [0.5, 0.6) is 0 Å². The zero-order valence-electron chi connectivity index (χ0n) is 10.2. The Bertz CT molecular complexity index is 567. The highest BCUT2D eigenvalue weighted by Gasteiger charge is 2.27. The first-order chi connectivity index (χ1) is 8.68. The van der Waals surface area contributed by atoms with Crippen molar-refractivity contribution in [1.29, 1.82) is 0 Å². The molecule has 0 unspecified atom stereocenters. The molecule has 7 heteroatoms. The summed E-state index contributed by atoms with van der Waals surface area (Å²) in [6.45, 7) is 2.15. The summed E-state index contributed by atoms with van der Waals surface area (Å²) in [5.41, 5.74) is 3.25. The summed E-state index contributed by atoms with van der Waals surface area (Å²) < 4.78 is 0. The van der Waals surface area contributed by atoms with Gasteiger partial charge < -0.3 is 15.9 Å². The quantitative estimate of drug-likeness (QED) is 0.547. The summed E-state index contributed by atoms with van der Waals surface area (Å²) in [6, 6.07) is 0.862. The lowest BCUT2D eigenvalue weighted by atomic mass is 9.92. The minimum absolute atomic E-state index is 0.340. The summed E-state index contributed by atoms with van der Waals surface area (Å²) in [5, 5.41) is 18.0. The Balaban J connectivity index is 3.91. The third-order valence-corrected chi connectivity index (χ3v) is 2.54. The van der Waals surface area contributed by atoms with E-state index in [1.54, 1.807) is 0 Å². The number of anilines is 1. The van der Waals surface area contributed by atoms with Crippen LogP contribution in [0.3, 0.4) is 0 Å². The standard InChI is InChI=1S/C12H11NO6/c1-4(14)6-3-7(11(16)17)8(5(2)15)10(13)9(6)12(18)19/h3H,13H2,1-2H3,(H,16,17)(H,18,19). The molecular weight excluding hydrogens is 254 g/mol. The number of hydrogen-bond donors (Lipinski definition) is 3. The number of nitrogens with two attached hydrogens (primary N) is 1. The van der Waals surface area contributed by atoms with Gasteiger partial charge in [-0.05, 0) is 19.9 Å². The first-order valence-corrected chi connectivity index (χ1v) is 5.13. The van der Waals surface area contributed by atoms with Gasteiger partial charge in [0.1, 0.15) is 0 Å². The minimum atomic E-state index is -1.50. The van der Waals surface area contributed by atoms with E-state index in [0.29, 0.717) is 0 Å². The molecule has 0 amide bonds. The molecule has 0 aliphatic heterocycles. The molecule has 0 saturated heterocycles. The second-order valence-electron chi connectivity index (χ2n) is 3.86. The van der Waals surface area contributed by atoms with E-state index in [0.717, 1.165) is 19.9 Å². The lowest BCUT2D eigenvalue weighted by Crippen LogP contribution is -2.18. The third kappa shape index (κ3) is 2.44. The van der Waals surface area contributed by atoms with Crippen molar-refractivity contribution in [3.05, 3.63) is 28.3 Å². The maximum Gasteiger partial charge on any atom is 0.338 e. The topological polar surface area (TPSA) is 135 Å². The summed E-state index contributed by atoms with van der Waals surface area (Å²) >= 11 is 0. The molecule has 0 aliphatic carbocycles. The second-order valence-corrected chi connectivity index (χ2v) is 3.86. The number of aromatic carboxylic acids is 2. The average Bonchev–Trinajstić information content (AvgIpc) is 2.25. The van der Waals surface area contributed by atoms with Crippen molar-refractivity contribution in [1.82, 2.24) is 0 Å². The van der Waals surface area contributed by atoms with E-state index in [2.05, 4.69) is 0 Å². The van der Waals surface area contributed by atoms with Gasteiger partial charge in [-0.25, -0.2) is 9.59 Å². The Kier molecular flexibility index (Phi) is 3.69. The molecule has 19 heavy (non-hydrogen) atoms. The van der Waals surface area contributed by atoms with Crippen LogP contribution in [0.2, 0.25) is 0 Å². The number of carbonyl (C=O) groups excluding carboxylic acids is 2. The lowest BCUT2D eigenvalue weighted by molar-refractivity contribution is 0.0678. The Hall–Kier alpha value is -2.70. The molecule has 0 aromatic heterocycles. The van der Waals surface area contributed by atoms with Gasteiger partial charge in [-0.15, -0.1) is 0 Å². The van der Waals surface area contributed by atoms with Gasteiger partial charge in [0.25, 0.3) is 0 Å². The molecule has 0 saturated carbocycles. The molecule has 0 aliphatic rings. The number of carboxylic acid groups (broad SMARTS) is 2. The van der Waals surface area contributed by atoms with Crippen LogP contribution in [0.25, 0.3) is 0 Å². The van der Waals surface area contributed by atoms with Crippen LogP contribution in [-0.2, 0) is 0 Å². The van der Waals surface area contributed by atoms with E-state index < -0.39 is 45.9 Å². The van der Waals surface area contributed by atoms with Crippen molar-refractivity contribution in [2.45, 2.75) is 13.8 Å². The van der Waals surface area contributed by atoms with Crippen LogP contribution in [0, 0.1) is 0 Å². The number of Topliss-reactive ketones (excluding diaryl/α,β-unsaturated/α-hetero) is 2. The van der Waals surface area contributed by atoms with Gasteiger partial charge in [-0.3, -0.25) is 9.59 Å². The van der Waals surface area contributed by atoms with Crippen LogP contribution >= 0.6 is 0 Å². The fourth-order valence-corrected chi connectivity index (χ4v) is 1.76. The van der Waals surface area contributed by atoms with E-state index in [9.17, 15) is 19.2 Å². The number of rotatable bonds is 4. The average molecular weight is 265 g/mol. The molecule has 0 fully saturated rings. The van der Waals surface area contributed by atoms with E-state index >= 15 is 0 Å². The largest absolute Gasteiger partial charge is 0.478 e. The smallest absolute Gasteiger partial charge is 0.338 e. The van der Waals surface area contributed by atoms with E-state index in [1.807, 2.05) is 0 Å². The Morgan fingerprint density at radius 3 is 1.74 bits per heavy atom. The van der Waals surface area contributed by atoms with Gasteiger partial charge in [-0.2, -0.15) is 0 Å². The predicted octanol–water partition coefficient (Wildman–Crippen LogP) is 1.07. The van der Waals surface area contributed by atoms with Crippen molar-refractivity contribution in [3.8, 4) is 0 Å². The molecule has 0 spiro atoms. The van der Waals surface area contributed by atoms with Crippen molar-refractivity contribution in [3.63, 3.8) is 0 Å². The Labute approximate surface area is 107 Å². The minimum Gasteiger partial charge on any atom is -0.478 e. The highest BCUT2D eigenvalue weighted by atomic mass is 16.4. The van der Waals surface area contributed by atoms with Crippen LogP contribution in [0.4, 0.5) is 5.69 Å². The Morgan fingerprint density at radius 2 is 1.42 bits per heavy atom. The summed E-state index contributed by atoms with van der Waals surface area (Å²) in [7, 11) is 0. The molecule has 0 atom stereocenters. The molecule has 0 radical (unpaired) electrons. The van der Waals surface area contributed by atoms with Gasteiger partial charge in [0.2, 0.25) is 0 Å². The molecule has 4 N–H and O–H groups in total. The van der Waals surface area contributed by atoms with Crippen LogP contribution in [-0.4, -0.2) is 33.7 Å². The summed E-state index contributed by atoms with van der Waals surface area (Å²) in [4.78, 5) is 45.0. The second kappa shape index (κ2) is 4.89. The van der Waals surface area contributed by atoms with Crippen molar-refractivity contribution >= 4 is 29.2 Å². The number of carbonyl (C=O) groups is 4. The molecular formula is C12H11NO6. The first kappa shape index (κ1) is 14.4. The highest BCUT2D eigenvalue weighted by molar-refractivity contribution is 6.16. The van der Waals surface area contributed by atoms with Crippen molar-refractivity contribution < 1.29 is 29.4 Å². The molecule has 0 bridgehead atoms. The van der Waals surface area contributed by atoms with E-state index in [-0.39, 0.29) is 5.56 Å². The number of nitrogen functional groups attached to an aromatic ring is 1. The zero-order valence-corrected chi connectivity index (χ0v) is 10.2. The maximum atomic E-state index is 11.4. The molecule has 100 valence electrons. The Morgan fingerprint density at radius 1 is 0.895 bits per heavy atom. The SMILES string of the molecule is CC(=O)c1cc(C(=O)O)c(C(C)=O)c(N)c1C(=O)O. The van der Waals surface area contributed by atoms with Crippen LogP contribution < -0.4 is 5.73 Å². The number of carboxylic acids is 2. The van der Waals surface area contributed by atoms with Gasteiger partial charge in [-0.1, -0.05) is 0 Å².